The lowest BCUT2D eigenvalue weighted by Gasteiger charge is -2.55. The Labute approximate surface area is 162 Å². The van der Waals surface area contributed by atoms with Crippen LogP contribution >= 0.6 is 11.3 Å². The van der Waals surface area contributed by atoms with Gasteiger partial charge < -0.3 is 0 Å². The third kappa shape index (κ3) is 2.57. The molecule has 5 aliphatic rings. The van der Waals surface area contributed by atoms with Crippen molar-refractivity contribution in [2.24, 2.45) is 17.8 Å². The number of aromatic nitrogens is 4. The molecule has 0 atom stereocenters. The average Bonchev–Trinajstić information content (AvgIpc) is 3.27. The van der Waals surface area contributed by atoms with Crippen molar-refractivity contribution in [1.82, 2.24) is 20.4 Å². The van der Waals surface area contributed by atoms with E-state index in [0.29, 0.717) is 10.8 Å². The first-order valence-electron chi connectivity index (χ1n) is 10.4. The van der Waals surface area contributed by atoms with Gasteiger partial charge in [0.05, 0.1) is 0 Å². The van der Waals surface area contributed by atoms with Gasteiger partial charge in [-0.3, -0.25) is 15.2 Å². The molecule has 6 nitrogen and oxygen atoms in total. The largest absolute Gasteiger partial charge is 0.295 e. The monoisotopic (exact) mass is 383 g/mol. The predicted molar refractivity (Wildman–Crippen MR) is 103 cm³/mol. The highest BCUT2D eigenvalue weighted by Gasteiger charge is 2.53. The Morgan fingerprint density at radius 3 is 2.48 bits per heavy atom. The van der Waals surface area contributed by atoms with Gasteiger partial charge in [0.1, 0.15) is 5.01 Å². The third-order valence-corrected chi connectivity index (χ3v) is 8.49. The lowest BCUT2D eigenvalue weighted by molar-refractivity contribution is -0.00555. The molecular formula is C20H25N5OS. The summed E-state index contributed by atoms with van der Waals surface area (Å²) in [4.78, 5) is 12.7. The number of carbonyl (C=O) groups is 1. The van der Waals surface area contributed by atoms with Crippen LogP contribution in [-0.4, -0.2) is 26.3 Å². The molecule has 0 spiro atoms. The van der Waals surface area contributed by atoms with Crippen LogP contribution in [0.1, 0.15) is 78.1 Å². The van der Waals surface area contributed by atoms with Crippen molar-refractivity contribution < 1.29 is 4.79 Å². The normalized spacial score (nSPS) is 33.9. The maximum absolute atomic E-state index is 12.7. The lowest BCUT2D eigenvalue weighted by Crippen LogP contribution is -2.48. The molecule has 0 aromatic carbocycles. The zero-order chi connectivity index (χ0) is 18.0. The number of H-pyrrole nitrogens is 1. The quantitative estimate of drug-likeness (QED) is 0.843. The van der Waals surface area contributed by atoms with Crippen molar-refractivity contribution in [1.29, 1.82) is 0 Å². The van der Waals surface area contributed by atoms with Crippen LogP contribution in [0.2, 0.25) is 0 Å². The molecule has 2 heterocycles. The highest BCUT2D eigenvalue weighted by Crippen LogP contribution is 2.61. The molecule has 7 rings (SSSR count). The van der Waals surface area contributed by atoms with Gasteiger partial charge in [-0.25, -0.2) is 0 Å². The third-order valence-electron chi connectivity index (χ3n) is 7.41. The highest BCUT2D eigenvalue weighted by molar-refractivity contribution is 7.15. The summed E-state index contributed by atoms with van der Waals surface area (Å²) in [6, 6.07) is 0. The number of aryl methyl sites for hydroxylation is 1. The minimum Gasteiger partial charge on any atom is -0.295 e. The number of nitrogens with one attached hydrogen (secondary N) is 2. The number of fused-ring (bicyclic) bond motifs is 1. The van der Waals surface area contributed by atoms with Gasteiger partial charge in [-0.15, -0.1) is 10.2 Å². The second-order valence-electron chi connectivity index (χ2n) is 9.30. The molecule has 0 radical (unpaired) electrons. The van der Waals surface area contributed by atoms with Crippen LogP contribution in [0.4, 0.5) is 5.13 Å². The molecule has 7 heteroatoms. The first-order chi connectivity index (χ1) is 13.2. The Morgan fingerprint density at radius 2 is 1.74 bits per heavy atom. The molecule has 0 saturated heterocycles. The van der Waals surface area contributed by atoms with Crippen molar-refractivity contribution in [2.45, 2.75) is 69.6 Å². The minimum atomic E-state index is -0.150. The van der Waals surface area contributed by atoms with E-state index in [-0.39, 0.29) is 11.3 Å². The second kappa shape index (κ2) is 5.87. The number of rotatable bonds is 3. The molecule has 5 aliphatic carbocycles. The zero-order valence-electron chi connectivity index (χ0n) is 15.5. The fourth-order valence-electron chi connectivity index (χ4n) is 6.69. The molecule has 4 fully saturated rings. The zero-order valence-corrected chi connectivity index (χ0v) is 16.3. The predicted octanol–water partition coefficient (Wildman–Crippen LogP) is 3.86. The van der Waals surface area contributed by atoms with Crippen LogP contribution in [0.3, 0.4) is 0 Å². The Hall–Kier alpha value is -1.76. The Kier molecular flexibility index (Phi) is 3.52. The second-order valence-corrected chi connectivity index (χ2v) is 10.3. The molecule has 4 bridgehead atoms. The maximum atomic E-state index is 12.7. The molecule has 4 saturated carbocycles. The molecule has 2 N–H and O–H groups in total. The minimum absolute atomic E-state index is 0.150. The number of anilines is 1. The molecular weight excluding hydrogens is 358 g/mol. The summed E-state index contributed by atoms with van der Waals surface area (Å²) in [6.07, 6.45) is 12.3. The summed E-state index contributed by atoms with van der Waals surface area (Å²) < 4.78 is 0. The highest BCUT2D eigenvalue weighted by atomic mass is 32.1. The molecule has 27 heavy (non-hydrogen) atoms. The summed E-state index contributed by atoms with van der Waals surface area (Å²) in [5.74, 6) is 2.50. The number of carbonyl (C=O) groups excluding carboxylic acids is 1. The summed E-state index contributed by atoms with van der Waals surface area (Å²) in [6.45, 7) is 0. The molecule has 1 amide bonds. The Morgan fingerprint density at radius 1 is 1.04 bits per heavy atom. The van der Waals surface area contributed by atoms with Gasteiger partial charge in [0.25, 0.3) is 5.91 Å². The van der Waals surface area contributed by atoms with E-state index in [1.54, 1.807) is 11.3 Å². The first kappa shape index (κ1) is 16.2. The SMILES string of the molecule is O=C(Nc1nnc(C23CC4CC(CC(C4)C2)C3)s1)c1n[nH]c2c1CCCC2. The van der Waals surface area contributed by atoms with Gasteiger partial charge in [-0.05, 0) is 82.0 Å². The Bertz CT molecular complexity index is 865. The van der Waals surface area contributed by atoms with E-state index < -0.39 is 0 Å². The van der Waals surface area contributed by atoms with Crippen LogP contribution in [0.5, 0.6) is 0 Å². The molecule has 2 aromatic rings. The first-order valence-corrected chi connectivity index (χ1v) is 11.2. The van der Waals surface area contributed by atoms with Gasteiger partial charge >= 0.3 is 0 Å². The Balaban J connectivity index is 1.23. The summed E-state index contributed by atoms with van der Waals surface area (Å²) in [7, 11) is 0. The van der Waals surface area contributed by atoms with Crippen LogP contribution in [-0.2, 0) is 18.3 Å². The van der Waals surface area contributed by atoms with E-state index in [1.807, 2.05) is 0 Å². The van der Waals surface area contributed by atoms with Gasteiger partial charge in [-0.2, -0.15) is 5.10 Å². The van der Waals surface area contributed by atoms with Crippen molar-refractivity contribution >= 4 is 22.4 Å². The van der Waals surface area contributed by atoms with Gasteiger partial charge in [0.15, 0.2) is 5.69 Å². The van der Waals surface area contributed by atoms with Gasteiger partial charge in [-0.1, -0.05) is 11.3 Å². The van der Waals surface area contributed by atoms with Crippen LogP contribution < -0.4 is 5.32 Å². The van der Waals surface area contributed by atoms with Crippen molar-refractivity contribution in [3.8, 4) is 0 Å². The van der Waals surface area contributed by atoms with E-state index in [2.05, 4.69) is 25.7 Å². The topological polar surface area (TPSA) is 83.6 Å². The lowest BCUT2D eigenvalue weighted by atomic mass is 9.50. The number of aromatic amines is 1. The smallest absolute Gasteiger partial charge is 0.278 e. The summed E-state index contributed by atoms with van der Waals surface area (Å²) >= 11 is 1.59. The van der Waals surface area contributed by atoms with E-state index in [1.165, 1.54) is 44.9 Å². The van der Waals surface area contributed by atoms with E-state index in [9.17, 15) is 4.79 Å². The van der Waals surface area contributed by atoms with Gasteiger partial charge in [0, 0.05) is 16.7 Å². The van der Waals surface area contributed by atoms with Crippen LogP contribution in [0.15, 0.2) is 0 Å². The molecule has 2 aromatic heterocycles. The molecule has 0 aliphatic heterocycles. The number of nitrogens with zero attached hydrogens (tertiary/aromatic N) is 3. The van der Waals surface area contributed by atoms with E-state index in [4.69, 9.17) is 0 Å². The van der Waals surface area contributed by atoms with E-state index >= 15 is 0 Å². The van der Waals surface area contributed by atoms with Crippen molar-refractivity contribution in [3.63, 3.8) is 0 Å². The average molecular weight is 384 g/mol. The van der Waals surface area contributed by atoms with Crippen LogP contribution in [0, 0.1) is 17.8 Å². The summed E-state index contributed by atoms with van der Waals surface area (Å²) in [5.41, 5.74) is 2.99. The van der Waals surface area contributed by atoms with E-state index in [0.717, 1.165) is 53.3 Å². The number of hydrogen-bond acceptors (Lipinski definition) is 5. The van der Waals surface area contributed by atoms with Gasteiger partial charge in [0.2, 0.25) is 5.13 Å². The van der Waals surface area contributed by atoms with Crippen molar-refractivity contribution in [3.05, 3.63) is 22.0 Å². The number of hydrogen-bond donors (Lipinski definition) is 2. The maximum Gasteiger partial charge on any atom is 0.278 e. The standard InChI is InChI=1S/C20H25N5OS/c26-17(16-14-3-1-2-4-15(14)22-23-16)21-19-25-24-18(27-19)20-8-11-5-12(9-20)7-13(6-11)10-20/h11-13H,1-10H2,(H,22,23)(H,21,25,26). The summed E-state index contributed by atoms with van der Waals surface area (Å²) in [5, 5.41) is 21.0. The molecule has 0 unspecified atom stereocenters. The van der Waals surface area contributed by atoms with Crippen LogP contribution in [0.25, 0.3) is 0 Å². The molecule has 142 valence electrons. The number of amides is 1. The van der Waals surface area contributed by atoms with Crippen molar-refractivity contribution in [2.75, 3.05) is 5.32 Å². The fourth-order valence-corrected chi connectivity index (χ4v) is 7.64. The fraction of sp³-hybridized carbons (Fsp3) is 0.700.